The summed E-state index contributed by atoms with van der Waals surface area (Å²) in [5.41, 5.74) is 6.53. The molecule has 1 aliphatic rings. The SMILES string of the molecule is NC(=O)[C@H](NC[C@H]1CCCN(Cc2cccs2)C1)c1ccccc1. The number of hydrogen-bond acceptors (Lipinski definition) is 4. The molecule has 2 aromatic rings. The topological polar surface area (TPSA) is 58.4 Å². The summed E-state index contributed by atoms with van der Waals surface area (Å²) in [6.07, 6.45) is 2.42. The first-order valence-electron chi connectivity index (χ1n) is 8.55. The van der Waals surface area contributed by atoms with Gasteiger partial charge < -0.3 is 11.1 Å². The Morgan fingerprint density at radius 2 is 2.12 bits per heavy atom. The van der Waals surface area contributed by atoms with Crippen molar-refractivity contribution in [2.45, 2.75) is 25.4 Å². The molecule has 3 rings (SSSR count). The first-order valence-corrected chi connectivity index (χ1v) is 9.42. The van der Waals surface area contributed by atoms with Crippen LogP contribution in [-0.4, -0.2) is 30.4 Å². The maximum absolute atomic E-state index is 11.8. The second-order valence-corrected chi connectivity index (χ2v) is 7.51. The Hall–Kier alpha value is -1.69. The van der Waals surface area contributed by atoms with Crippen molar-refractivity contribution in [2.75, 3.05) is 19.6 Å². The van der Waals surface area contributed by atoms with Crippen LogP contribution in [0.15, 0.2) is 47.8 Å². The molecule has 0 unspecified atom stereocenters. The molecule has 0 bridgehead atoms. The van der Waals surface area contributed by atoms with Crippen molar-refractivity contribution in [3.63, 3.8) is 0 Å². The maximum Gasteiger partial charge on any atom is 0.239 e. The molecule has 1 aromatic carbocycles. The van der Waals surface area contributed by atoms with Gasteiger partial charge in [-0.3, -0.25) is 9.69 Å². The van der Waals surface area contributed by atoms with Crippen molar-refractivity contribution in [3.05, 3.63) is 58.3 Å². The molecule has 1 fully saturated rings. The van der Waals surface area contributed by atoms with Crippen molar-refractivity contribution >= 4 is 17.2 Å². The molecule has 1 aromatic heterocycles. The third-order valence-corrected chi connectivity index (χ3v) is 5.45. The smallest absolute Gasteiger partial charge is 0.239 e. The first-order chi connectivity index (χ1) is 11.7. The van der Waals surface area contributed by atoms with E-state index in [1.807, 2.05) is 41.7 Å². The van der Waals surface area contributed by atoms with E-state index in [2.05, 4.69) is 27.7 Å². The monoisotopic (exact) mass is 343 g/mol. The molecular formula is C19H25N3OS. The van der Waals surface area contributed by atoms with Gasteiger partial charge >= 0.3 is 0 Å². The van der Waals surface area contributed by atoms with Crippen molar-refractivity contribution in [1.82, 2.24) is 10.2 Å². The van der Waals surface area contributed by atoms with Gasteiger partial charge in [-0.2, -0.15) is 0 Å². The van der Waals surface area contributed by atoms with E-state index in [1.54, 1.807) is 0 Å². The molecular weight excluding hydrogens is 318 g/mol. The number of likely N-dealkylation sites (tertiary alicyclic amines) is 1. The third-order valence-electron chi connectivity index (χ3n) is 4.59. The molecule has 4 nitrogen and oxygen atoms in total. The molecule has 0 saturated carbocycles. The Kier molecular flexibility index (Phi) is 6.01. The van der Waals surface area contributed by atoms with E-state index in [0.29, 0.717) is 5.92 Å². The highest BCUT2D eigenvalue weighted by atomic mass is 32.1. The average Bonchev–Trinajstić information content (AvgIpc) is 3.09. The van der Waals surface area contributed by atoms with Gasteiger partial charge in [0.15, 0.2) is 0 Å². The van der Waals surface area contributed by atoms with Gasteiger partial charge in [-0.1, -0.05) is 36.4 Å². The molecule has 2 heterocycles. The minimum Gasteiger partial charge on any atom is -0.368 e. The highest BCUT2D eigenvalue weighted by Crippen LogP contribution is 2.21. The summed E-state index contributed by atoms with van der Waals surface area (Å²) in [6, 6.07) is 13.6. The van der Waals surface area contributed by atoms with Crippen LogP contribution in [0.3, 0.4) is 0 Å². The van der Waals surface area contributed by atoms with Gasteiger partial charge in [-0.15, -0.1) is 11.3 Å². The number of amides is 1. The molecule has 1 saturated heterocycles. The predicted molar refractivity (Wildman–Crippen MR) is 98.7 cm³/mol. The van der Waals surface area contributed by atoms with Gasteiger partial charge in [-0.25, -0.2) is 0 Å². The van der Waals surface area contributed by atoms with E-state index in [9.17, 15) is 4.79 Å². The number of piperidine rings is 1. The summed E-state index contributed by atoms with van der Waals surface area (Å²) in [6.45, 7) is 4.09. The summed E-state index contributed by atoms with van der Waals surface area (Å²) < 4.78 is 0. The predicted octanol–water partition coefficient (Wildman–Crippen LogP) is 2.78. The van der Waals surface area contributed by atoms with Crippen LogP contribution < -0.4 is 11.1 Å². The number of nitrogens with zero attached hydrogens (tertiary/aromatic N) is 1. The standard InChI is InChI=1S/C19H25N3OS/c20-19(23)18(16-7-2-1-3-8-16)21-12-15-6-4-10-22(13-15)14-17-9-5-11-24-17/h1-3,5,7-9,11,15,18,21H,4,6,10,12-14H2,(H2,20,23)/t15-,18-/m1/s1. The minimum atomic E-state index is -0.404. The fourth-order valence-electron chi connectivity index (χ4n) is 3.40. The molecule has 24 heavy (non-hydrogen) atoms. The zero-order valence-electron chi connectivity index (χ0n) is 13.9. The lowest BCUT2D eigenvalue weighted by Gasteiger charge is -2.33. The molecule has 2 atom stereocenters. The fraction of sp³-hybridized carbons (Fsp3) is 0.421. The second-order valence-electron chi connectivity index (χ2n) is 6.48. The minimum absolute atomic E-state index is 0.313. The van der Waals surface area contributed by atoms with Crippen molar-refractivity contribution in [2.24, 2.45) is 11.7 Å². The van der Waals surface area contributed by atoms with Gasteiger partial charge in [-0.05, 0) is 42.3 Å². The number of carbonyl (C=O) groups excluding carboxylic acids is 1. The van der Waals surface area contributed by atoms with E-state index >= 15 is 0 Å². The van der Waals surface area contributed by atoms with Gasteiger partial charge in [0.1, 0.15) is 6.04 Å². The van der Waals surface area contributed by atoms with Crippen molar-refractivity contribution in [3.8, 4) is 0 Å². The number of rotatable bonds is 7. The molecule has 3 N–H and O–H groups in total. The van der Waals surface area contributed by atoms with E-state index < -0.39 is 6.04 Å². The molecule has 1 aliphatic heterocycles. The van der Waals surface area contributed by atoms with Gasteiger partial charge in [0.25, 0.3) is 0 Å². The molecule has 0 aliphatic carbocycles. The maximum atomic E-state index is 11.8. The Morgan fingerprint density at radius 1 is 1.29 bits per heavy atom. The molecule has 1 amide bonds. The van der Waals surface area contributed by atoms with E-state index in [-0.39, 0.29) is 5.91 Å². The quantitative estimate of drug-likeness (QED) is 0.813. The van der Waals surface area contributed by atoms with E-state index in [0.717, 1.165) is 31.7 Å². The zero-order valence-corrected chi connectivity index (χ0v) is 14.7. The van der Waals surface area contributed by atoms with Gasteiger partial charge in [0.2, 0.25) is 5.91 Å². The number of thiophene rings is 1. The van der Waals surface area contributed by atoms with Crippen LogP contribution in [0, 0.1) is 5.92 Å². The first kappa shape index (κ1) is 17.1. The van der Waals surface area contributed by atoms with Gasteiger partial charge in [0.05, 0.1) is 0 Å². The molecule has 5 heteroatoms. The lowest BCUT2D eigenvalue weighted by molar-refractivity contribution is -0.120. The zero-order chi connectivity index (χ0) is 16.8. The second kappa shape index (κ2) is 8.42. The molecule has 128 valence electrons. The number of primary amides is 1. The van der Waals surface area contributed by atoms with Crippen LogP contribution in [-0.2, 0) is 11.3 Å². The highest BCUT2D eigenvalue weighted by Gasteiger charge is 2.23. The lowest BCUT2D eigenvalue weighted by atomic mass is 9.97. The van der Waals surface area contributed by atoms with Crippen molar-refractivity contribution < 1.29 is 4.79 Å². The Morgan fingerprint density at radius 3 is 2.83 bits per heavy atom. The number of benzene rings is 1. The Balaban J connectivity index is 1.54. The normalized spacial score (nSPS) is 19.9. The number of carbonyl (C=O) groups is 1. The van der Waals surface area contributed by atoms with E-state index in [1.165, 1.54) is 17.7 Å². The summed E-state index contributed by atoms with van der Waals surface area (Å²) in [5.74, 6) is 0.247. The third kappa shape index (κ3) is 4.66. The van der Waals surface area contributed by atoms with Crippen LogP contribution in [0.25, 0.3) is 0 Å². The highest BCUT2D eigenvalue weighted by molar-refractivity contribution is 7.09. The van der Waals surface area contributed by atoms with Gasteiger partial charge in [0, 0.05) is 24.5 Å². The van der Waals surface area contributed by atoms with E-state index in [4.69, 9.17) is 5.73 Å². The van der Waals surface area contributed by atoms with Crippen LogP contribution in [0.1, 0.15) is 29.3 Å². The Bertz CT molecular complexity index is 629. The van der Waals surface area contributed by atoms with Crippen molar-refractivity contribution in [1.29, 1.82) is 0 Å². The lowest BCUT2D eigenvalue weighted by Crippen LogP contribution is -2.42. The summed E-state index contributed by atoms with van der Waals surface area (Å²) in [5, 5.41) is 5.52. The number of hydrogen-bond donors (Lipinski definition) is 2. The largest absolute Gasteiger partial charge is 0.368 e. The molecule has 0 radical (unpaired) electrons. The summed E-state index contributed by atoms with van der Waals surface area (Å²) in [7, 11) is 0. The van der Waals surface area contributed by atoms with Crippen LogP contribution in [0.5, 0.6) is 0 Å². The summed E-state index contributed by atoms with van der Waals surface area (Å²) in [4.78, 5) is 15.7. The fourth-order valence-corrected chi connectivity index (χ4v) is 4.14. The number of nitrogens with two attached hydrogens (primary N) is 1. The summed E-state index contributed by atoms with van der Waals surface area (Å²) >= 11 is 1.82. The average molecular weight is 343 g/mol. The Labute approximate surface area is 147 Å². The molecule has 0 spiro atoms. The van der Waals surface area contributed by atoms with Crippen LogP contribution in [0.2, 0.25) is 0 Å². The van der Waals surface area contributed by atoms with Crippen LogP contribution in [0.4, 0.5) is 0 Å². The van der Waals surface area contributed by atoms with Crippen LogP contribution >= 0.6 is 11.3 Å². The number of nitrogens with one attached hydrogen (secondary N) is 1.